The molecule has 5 nitrogen and oxygen atoms in total. The lowest BCUT2D eigenvalue weighted by Gasteiger charge is -2.21. The molecule has 3 rings (SSSR count). The molecule has 1 heterocycles. The van der Waals surface area contributed by atoms with Gasteiger partial charge in [0.2, 0.25) is 10.0 Å². The third-order valence-corrected chi connectivity index (χ3v) is 7.80. The Morgan fingerprint density at radius 1 is 1.03 bits per heavy atom. The summed E-state index contributed by atoms with van der Waals surface area (Å²) in [6.07, 6.45) is 1.76. The van der Waals surface area contributed by atoms with E-state index in [0.717, 1.165) is 18.4 Å². The Hall–Kier alpha value is -2.18. The van der Waals surface area contributed by atoms with Crippen molar-refractivity contribution in [1.82, 2.24) is 9.62 Å². The molecule has 1 saturated heterocycles. The molecule has 0 bridgehead atoms. The summed E-state index contributed by atoms with van der Waals surface area (Å²) in [6, 6.07) is 13.0. The lowest BCUT2D eigenvalue weighted by atomic mass is 9.86. The normalized spacial score (nSPS) is 16.4. The third-order valence-electron chi connectivity index (χ3n) is 5.76. The zero-order valence-electron chi connectivity index (χ0n) is 18.5. The molecule has 0 saturated carbocycles. The maximum Gasteiger partial charge on any atom is 0.251 e. The van der Waals surface area contributed by atoms with E-state index >= 15 is 0 Å². The van der Waals surface area contributed by atoms with Gasteiger partial charge in [0.05, 0.1) is 10.9 Å². The highest BCUT2D eigenvalue weighted by atomic mass is 32.2. The van der Waals surface area contributed by atoms with Crippen molar-refractivity contribution in [1.29, 1.82) is 0 Å². The number of sulfonamides is 1. The first-order valence-corrected chi connectivity index (χ1v) is 12.0. The van der Waals surface area contributed by atoms with Gasteiger partial charge >= 0.3 is 0 Å². The molecule has 0 aliphatic carbocycles. The number of amides is 1. The van der Waals surface area contributed by atoms with E-state index < -0.39 is 10.0 Å². The Labute approximate surface area is 180 Å². The van der Waals surface area contributed by atoms with Gasteiger partial charge in [-0.2, -0.15) is 4.31 Å². The van der Waals surface area contributed by atoms with Crippen molar-refractivity contribution < 1.29 is 13.2 Å². The van der Waals surface area contributed by atoms with Crippen LogP contribution in [0.2, 0.25) is 0 Å². The fourth-order valence-corrected chi connectivity index (χ4v) is 5.49. The maximum absolute atomic E-state index is 13.0. The fraction of sp³-hybridized carbons (Fsp3) is 0.458. The summed E-state index contributed by atoms with van der Waals surface area (Å²) >= 11 is 0. The van der Waals surface area contributed by atoms with E-state index in [1.54, 1.807) is 19.1 Å². The maximum atomic E-state index is 13.0. The number of carbonyl (C=O) groups excluding carboxylic acids is 1. The van der Waals surface area contributed by atoms with Gasteiger partial charge in [0, 0.05) is 18.7 Å². The highest BCUT2D eigenvalue weighted by Gasteiger charge is 2.29. The van der Waals surface area contributed by atoms with E-state index in [2.05, 4.69) is 38.2 Å². The van der Waals surface area contributed by atoms with Crippen LogP contribution < -0.4 is 5.32 Å². The van der Waals surface area contributed by atoms with Gasteiger partial charge in [0.1, 0.15) is 0 Å². The standard InChI is InChI=1S/C24H32N2O3S/c1-17-8-9-20(16-22(17)30(28,29)26-14-6-7-15-26)23(27)25-18(2)19-10-12-21(13-11-19)24(3,4)5/h8-13,16,18H,6-7,14-15H2,1-5H3,(H,25,27)/t18-/m1/s1. The molecule has 1 aliphatic rings. The summed E-state index contributed by atoms with van der Waals surface area (Å²) in [7, 11) is -3.57. The van der Waals surface area contributed by atoms with Crippen LogP contribution in [-0.4, -0.2) is 31.7 Å². The van der Waals surface area contributed by atoms with Crippen LogP contribution in [0.15, 0.2) is 47.4 Å². The molecule has 0 spiro atoms. The number of carbonyl (C=O) groups is 1. The summed E-state index contributed by atoms with van der Waals surface area (Å²) in [5, 5.41) is 2.99. The van der Waals surface area contributed by atoms with Gasteiger partial charge in [0.25, 0.3) is 5.91 Å². The third kappa shape index (κ3) is 4.76. The predicted octanol–water partition coefficient (Wildman–Crippen LogP) is 4.57. The number of hydrogen-bond donors (Lipinski definition) is 1. The predicted molar refractivity (Wildman–Crippen MR) is 120 cm³/mol. The Balaban J connectivity index is 1.78. The van der Waals surface area contributed by atoms with Gasteiger partial charge in [-0.15, -0.1) is 0 Å². The van der Waals surface area contributed by atoms with E-state index in [4.69, 9.17) is 0 Å². The first-order chi connectivity index (χ1) is 14.0. The van der Waals surface area contributed by atoms with E-state index in [0.29, 0.717) is 24.2 Å². The van der Waals surface area contributed by atoms with Crippen LogP contribution in [-0.2, 0) is 15.4 Å². The van der Waals surface area contributed by atoms with Crippen molar-refractivity contribution in [3.63, 3.8) is 0 Å². The summed E-state index contributed by atoms with van der Waals surface area (Å²) in [5.41, 5.74) is 3.33. The van der Waals surface area contributed by atoms with Crippen LogP contribution in [0.25, 0.3) is 0 Å². The quantitative estimate of drug-likeness (QED) is 0.759. The van der Waals surface area contributed by atoms with Crippen molar-refractivity contribution in [2.45, 2.75) is 63.8 Å². The van der Waals surface area contributed by atoms with Crippen molar-refractivity contribution in [2.75, 3.05) is 13.1 Å². The highest BCUT2D eigenvalue weighted by molar-refractivity contribution is 7.89. The van der Waals surface area contributed by atoms with Crippen molar-refractivity contribution in [3.05, 3.63) is 64.7 Å². The van der Waals surface area contributed by atoms with Crippen LogP contribution in [0, 0.1) is 6.92 Å². The molecule has 162 valence electrons. The molecule has 1 fully saturated rings. The summed E-state index contributed by atoms with van der Waals surface area (Å²) in [5.74, 6) is -0.278. The first-order valence-electron chi connectivity index (χ1n) is 10.5. The number of rotatable bonds is 5. The molecule has 0 aromatic heterocycles. The van der Waals surface area contributed by atoms with Crippen molar-refractivity contribution in [3.8, 4) is 0 Å². The van der Waals surface area contributed by atoms with Crippen LogP contribution >= 0.6 is 0 Å². The molecule has 30 heavy (non-hydrogen) atoms. The molecular weight excluding hydrogens is 396 g/mol. The van der Waals surface area contributed by atoms with E-state index in [-0.39, 0.29) is 22.3 Å². The second-order valence-electron chi connectivity index (χ2n) is 9.16. The molecule has 1 N–H and O–H groups in total. The molecule has 0 unspecified atom stereocenters. The Bertz CT molecular complexity index is 1020. The zero-order chi connectivity index (χ0) is 22.1. The monoisotopic (exact) mass is 428 g/mol. The number of nitrogens with one attached hydrogen (secondary N) is 1. The topological polar surface area (TPSA) is 66.5 Å². The van der Waals surface area contributed by atoms with Crippen molar-refractivity contribution in [2.24, 2.45) is 0 Å². The molecular formula is C24H32N2O3S. The minimum atomic E-state index is -3.57. The van der Waals surface area contributed by atoms with Crippen LogP contribution in [0.5, 0.6) is 0 Å². The van der Waals surface area contributed by atoms with Crippen LogP contribution in [0.1, 0.15) is 73.6 Å². The van der Waals surface area contributed by atoms with E-state index in [1.807, 2.05) is 19.1 Å². The lowest BCUT2D eigenvalue weighted by Crippen LogP contribution is -2.30. The average molecular weight is 429 g/mol. The van der Waals surface area contributed by atoms with Gasteiger partial charge in [0.15, 0.2) is 0 Å². The molecule has 2 aromatic carbocycles. The highest BCUT2D eigenvalue weighted by Crippen LogP contribution is 2.26. The lowest BCUT2D eigenvalue weighted by molar-refractivity contribution is 0.0939. The number of aryl methyl sites for hydroxylation is 1. The molecule has 1 atom stereocenters. The summed E-state index contributed by atoms with van der Waals surface area (Å²) in [4.78, 5) is 13.1. The van der Waals surface area contributed by atoms with Gasteiger partial charge in [-0.05, 0) is 60.9 Å². The summed E-state index contributed by atoms with van der Waals surface area (Å²) in [6.45, 7) is 11.3. The fourth-order valence-electron chi connectivity index (χ4n) is 3.72. The Morgan fingerprint density at radius 2 is 1.63 bits per heavy atom. The average Bonchev–Trinajstić information content (AvgIpc) is 3.23. The Morgan fingerprint density at radius 3 is 2.20 bits per heavy atom. The second kappa shape index (κ2) is 8.52. The van der Waals surface area contributed by atoms with Crippen molar-refractivity contribution >= 4 is 15.9 Å². The number of nitrogens with zero attached hydrogens (tertiary/aromatic N) is 1. The zero-order valence-corrected chi connectivity index (χ0v) is 19.3. The molecule has 0 radical (unpaired) electrons. The minimum Gasteiger partial charge on any atom is -0.346 e. The van der Waals surface area contributed by atoms with E-state index in [1.165, 1.54) is 15.9 Å². The van der Waals surface area contributed by atoms with E-state index in [9.17, 15) is 13.2 Å². The smallest absolute Gasteiger partial charge is 0.251 e. The number of hydrogen-bond acceptors (Lipinski definition) is 3. The number of benzene rings is 2. The molecule has 1 amide bonds. The molecule has 6 heteroatoms. The largest absolute Gasteiger partial charge is 0.346 e. The van der Waals surface area contributed by atoms with Gasteiger partial charge < -0.3 is 5.32 Å². The Kier molecular flexibility index (Phi) is 6.39. The van der Waals surface area contributed by atoms with Gasteiger partial charge in [-0.3, -0.25) is 4.79 Å². The molecule has 1 aliphatic heterocycles. The SMILES string of the molecule is Cc1ccc(C(=O)N[C@H](C)c2ccc(C(C)(C)C)cc2)cc1S(=O)(=O)N1CCCC1. The van der Waals surface area contributed by atoms with Gasteiger partial charge in [-0.25, -0.2) is 8.42 Å². The minimum absolute atomic E-state index is 0.0736. The second-order valence-corrected chi connectivity index (χ2v) is 11.1. The van der Waals surface area contributed by atoms with Crippen LogP contribution in [0.4, 0.5) is 0 Å². The van der Waals surface area contributed by atoms with Gasteiger partial charge in [-0.1, -0.05) is 51.1 Å². The molecule has 2 aromatic rings. The van der Waals surface area contributed by atoms with Crippen LogP contribution in [0.3, 0.4) is 0 Å². The summed E-state index contributed by atoms with van der Waals surface area (Å²) < 4.78 is 27.5. The first kappa shape index (κ1) is 22.5.